The fraction of sp³-hybridized carbons (Fsp3) is 0.435. The Morgan fingerprint density at radius 1 is 1.08 bits per heavy atom. The van der Waals surface area contributed by atoms with Crippen molar-refractivity contribution in [2.45, 2.75) is 65.9 Å². The first-order valence-electron chi connectivity index (χ1n) is 9.42. The van der Waals surface area contributed by atoms with Crippen molar-refractivity contribution in [3.05, 3.63) is 59.2 Å². The second kappa shape index (κ2) is 8.39. The molecule has 0 aliphatic rings. The molecule has 140 valence electrons. The highest BCUT2D eigenvalue weighted by molar-refractivity contribution is 5.95. The molecule has 0 aromatic heterocycles. The van der Waals surface area contributed by atoms with Crippen molar-refractivity contribution in [1.82, 2.24) is 0 Å². The summed E-state index contributed by atoms with van der Waals surface area (Å²) in [5.74, 6) is 0.622. The summed E-state index contributed by atoms with van der Waals surface area (Å²) in [5.41, 5.74) is 4.46. The smallest absolute Gasteiger partial charge is 0.265 e. The molecular weight excluding hydrogens is 322 g/mol. The van der Waals surface area contributed by atoms with Gasteiger partial charge in [0.1, 0.15) is 5.75 Å². The van der Waals surface area contributed by atoms with Crippen molar-refractivity contribution in [1.29, 1.82) is 0 Å². The second-order valence-electron chi connectivity index (χ2n) is 7.74. The molecule has 0 radical (unpaired) electrons. The number of anilines is 1. The SMILES string of the molecule is CCc1cccc(C)c1NC(=O)C(CC)Oc1ccc(C(C)(C)C)cc1. The molecule has 2 rings (SSSR count). The van der Waals surface area contributed by atoms with Gasteiger partial charge < -0.3 is 10.1 Å². The summed E-state index contributed by atoms with van der Waals surface area (Å²) in [4.78, 5) is 12.8. The van der Waals surface area contributed by atoms with Gasteiger partial charge in [0.25, 0.3) is 5.91 Å². The van der Waals surface area contributed by atoms with E-state index in [1.807, 2.05) is 38.1 Å². The summed E-state index contributed by atoms with van der Waals surface area (Å²) >= 11 is 0. The normalized spacial score (nSPS) is 12.5. The van der Waals surface area contributed by atoms with Crippen LogP contribution < -0.4 is 10.1 Å². The fourth-order valence-corrected chi connectivity index (χ4v) is 2.93. The third kappa shape index (κ3) is 4.87. The molecule has 0 saturated heterocycles. The van der Waals surface area contributed by atoms with Gasteiger partial charge in [-0.15, -0.1) is 0 Å². The second-order valence-corrected chi connectivity index (χ2v) is 7.74. The van der Waals surface area contributed by atoms with E-state index in [2.05, 4.69) is 51.2 Å². The van der Waals surface area contributed by atoms with E-state index in [-0.39, 0.29) is 11.3 Å². The lowest BCUT2D eigenvalue weighted by atomic mass is 9.87. The third-order valence-electron chi connectivity index (χ3n) is 4.65. The molecule has 2 aromatic carbocycles. The predicted molar refractivity (Wildman–Crippen MR) is 109 cm³/mol. The summed E-state index contributed by atoms with van der Waals surface area (Å²) in [6.07, 6.45) is 0.975. The highest BCUT2D eigenvalue weighted by Crippen LogP contribution is 2.26. The first kappa shape index (κ1) is 20.0. The minimum absolute atomic E-state index is 0.0987. The third-order valence-corrected chi connectivity index (χ3v) is 4.65. The van der Waals surface area contributed by atoms with Gasteiger partial charge >= 0.3 is 0 Å². The Balaban J connectivity index is 2.12. The number of para-hydroxylation sites is 1. The van der Waals surface area contributed by atoms with E-state index < -0.39 is 6.10 Å². The molecule has 1 unspecified atom stereocenters. The Labute approximate surface area is 157 Å². The van der Waals surface area contributed by atoms with Gasteiger partial charge in [-0.1, -0.05) is 65.0 Å². The van der Waals surface area contributed by atoms with Gasteiger partial charge in [-0.05, 0) is 54.0 Å². The van der Waals surface area contributed by atoms with Crippen LogP contribution in [0.5, 0.6) is 5.75 Å². The van der Waals surface area contributed by atoms with Crippen LogP contribution in [0.2, 0.25) is 0 Å². The molecule has 0 aliphatic carbocycles. The van der Waals surface area contributed by atoms with Crippen molar-refractivity contribution in [3.8, 4) is 5.75 Å². The summed E-state index contributed by atoms with van der Waals surface area (Å²) < 4.78 is 5.97. The van der Waals surface area contributed by atoms with Gasteiger partial charge in [-0.2, -0.15) is 0 Å². The molecule has 0 bridgehead atoms. The maximum Gasteiger partial charge on any atom is 0.265 e. The van der Waals surface area contributed by atoms with Gasteiger partial charge in [0, 0.05) is 5.69 Å². The van der Waals surface area contributed by atoms with E-state index in [9.17, 15) is 4.79 Å². The average Bonchev–Trinajstić information content (AvgIpc) is 2.60. The Morgan fingerprint density at radius 3 is 2.27 bits per heavy atom. The minimum Gasteiger partial charge on any atom is -0.481 e. The minimum atomic E-state index is -0.514. The number of carbonyl (C=O) groups excluding carboxylic acids is 1. The van der Waals surface area contributed by atoms with Gasteiger partial charge in [-0.25, -0.2) is 0 Å². The van der Waals surface area contributed by atoms with Crippen molar-refractivity contribution < 1.29 is 9.53 Å². The van der Waals surface area contributed by atoms with Crippen molar-refractivity contribution in [2.75, 3.05) is 5.32 Å². The molecular formula is C23H31NO2. The Kier molecular flexibility index (Phi) is 6.47. The first-order valence-corrected chi connectivity index (χ1v) is 9.42. The number of benzene rings is 2. The first-order chi connectivity index (χ1) is 12.3. The lowest BCUT2D eigenvalue weighted by molar-refractivity contribution is -0.122. The molecule has 1 amide bonds. The number of carbonyl (C=O) groups is 1. The largest absolute Gasteiger partial charge is 0.481 e. The summed E-state index contributed by atoms with van der Waals surface area (Å²) in [7, 11) is 0. The van der Waals surface area contributed by atoms with E-state index in [1.165, 1.54) is 5.56 Å². The van der Waals surface area contributed by atoms with Crippen molar-refractivity contribution >= 4 is 11.6 Å². The van der Waals surface area contributed by atoms with Crippen LogP contribution in [-0.4, -0.2) is 12.0 Å². The number of hydrogen-bond donors (Lipinski definition) is 1. The predicted octanol–water partition coefficient (Wildman–Crippen LogP) is 5.65. The molecule has 1 N–H and O–H groups in total. The maximum absolute atomic E-state index is 12.8. The standard InChI is InChI=1S/C23H31NO2/c1-7-17-11-9-10-16(3)21(17)24-22(25)20(8-2)26-19-14-12-18(13-15-19)23(4,5)6/h9-15,20H,7-8H2,1-6H3,(H,24,25). The molecule has 3 heteroatoms. The molecule has 0 spiro atoms. The lowest BCUT2D eigenvalue weighted by Crippen LogP contribution is -2.33. The molecule has 0 aliphatic heterocycles. The van der Waals surface area contributed by atoms with Crippen LogP contribution in [-0.2, 0) is 16.6 Å². The zero-order chi connectivity index (χ0) is 19.3. The summed E-state index contributed by atoms with van der Waals surface area (Å²) in [6, 6.07) is 14.1. The van der Waals surface area contributed by atoms with E-state index >= 15 is 0 Å². The topological polar surface area (TPSA) is 38.3 Å². The van der Waals surface area contributed by atoms with E-state index in [0.29, 0.717) is 6.42 Å². The maximum atomic E-state index is 12.8. The summed E-state index contributed by atoms with van der Waals surface area (Å²) in [6.45, 7) is 12.6. The molecule has 0 saturated carbocycles. The monoisotopic (exact) mass is 353 g/mol. The van der Waals surface area contributed by atoms with Gasteiger partial charge in [-0.3, -0.25) is 4.79 Å². The molecule has 0 fully saturated rings. The quantitative estimate of drug-likeness (QED) is 0.728. The number of aryl methyl sites for hydroxylation is 2. The van der Waals surface area contributed by atoms with E-state index in [0.717, 1.165) is 29.0 Å². The molecule has 1 atom stereocenters. The van der Waals surface area contributed by atoms with Crippen LogP contribution in [0.4, 0.5) is 5.69 Å². The van der Waals surface area contributed by atoms with E-state index in [1.54, 1.807) is 0 Å². The summed E-state index contributed by atoms with van der Waals surface area (Å²) in [5, 5.41) is 3.07. The number of hydrogen-bond acceptors (Lipinski definition) is 2. The number of amides is 1. The van der Waals surface area contributed by atoms with Crippen LogP contribution in [0.25, 0.3) is 0 Å². The average molecular weight is 354 g/mol. The Bertz CT molecular complexity index is 742. The number of rotatable bonds is 6. The highest BCUT2D eigenvalue weighted by Gasteiger charge is 2.21. The van der Waals surface area contributed by atoms with E-state index in [4.69, 9.17) is 4.74 Å². The van der Waals surface area contributed by atoms with Crippen LogP contribution in [0.15, 0.2) is 42.5 Å². The fourth-order valence-electron chi connectivity index (χ4n) is 2.93. The van der Waals surface area contributed by atoms with Crippen molar-refractivity contribution in [3.63, 3.8) is 0 Å². The zero-order valence-corrected chi connectivity index (χ0v) is 16.8. The van der Waals surface area contributed by atoms with Gasteiger partial charge in [0.05, 0.1) is 0 Å². The van der Waals surface area contributed by atoms with Crippen LogP contribution in [0.1, 0.15) is 57.7 Å². The van der Waals surface area contributed by atoms with Crippen LogP contribution >= 0.6 is 0 Å². The highest BCUT2D eigenvalue weighted by atomic mass is 16.5. The Morgan fingerprint density at radius 2 is 1.73 bits per heavy atom. The number of ether oxygens (including phenoxy) is 1. The van der Waals surface area contributed by atoms with Crippen molar-refractivity contribution in [2.24, 2.45) is 0 Å². The number of nitrogens with one attached hydrogen (secondary N) is 1. The lowest BCUT2D eigenvalue weighted by Gasteiger charge is -2.21. The molecule has 0 heterocycles. The Hall–Kier alpha value is -2.29. The molecule has 26 heavy (non-hydrogen) atoms. The van der Waals surface area contributed by atoms with Gasteiger partial charge in [0.2, 0.25) is 0 Å². The molecule has 2 aromatic rings. The van der Waals surface area contributed by atoms with Crippen LogP contribution in [0, 0.1) is 6.92 Å². The van der Waals surface area contributed by atoms with Crippen LogP contribution in [0.3, 0.4) is 0 Å². The zero-order valence-electron chi connectivity index (χ0n) is 16.8. The van der Waals surface area contributed by atoms with Gasteiger partial charge in [0.15, 0.2) is 6.10 Å². The molecule has 3 nitrogen and oxygen atoms in total.